The van der Waals surface area contributed by atoms with Crippen molar-refractivity contribution in [2.75, 3.05) is 0 Å². The Labute approximate surface area is 122 Å². The van der Waals surface area contributed by atoms with Gasteiger partial charge in [-0.3, -0.25) is 0 Å². The number of ether oxygens (including phenoxy) is 1. The van der Waals surface area contributed by atoms with E-state index in [0.717, 1.165) is 38.5 Å². The molecule has 4 aliphatic rings. The summed E-state index contributed by atoms with van der Waals surface area (Å²) in [5.74, 6) is 0.459. The number of hydrogen-bond acceptors (Lipinski definition) is 2. The number of carbonyl (C=O) groups is 1. The normalized spacial score (nSPS) is 41.1. The van der Waals surface area contributed by atoms with Crippen molar-refractivity contribution in [3.8, 4) is 0 Å². The molecule has 21 heavy (non-hydrogen) atoms. The van der Waals surface area contributed by atoms with Gasteiger partial charge in [0.1, 0.15) is 11.2 Å². The van der Waals surface area contributed by atoms with Gasteiger partial charge in [-0.15, -0.1) is 0 Å². The molecule has 118 valence electrons. The smallest absolute Gasteiger partial charge is 0.422 e. The van der Waals surface area contributed by atoms with E-state index in [2.05, 4.69) is 6.58 Å². The summed E-state index contributed by atoms with van der Waals surface area (Å²) in [4.78, 5) is 11.9. The Bertz CT molecular complexity index is 455. The van der Waals surface area contributed by atoms with Crippen LogP contribution in [0.15, 0.2) is 12.2 Å². The number of carbonyl (C=O) groups excluding carboxylic acids is 1. The minimum atomic E-state index is -4.71. The van der Waals surface area contributed by atoms with Crippen LogP contribution in [0.3, 0.4) is 0 Å². The van der Waals surface area contributed by atoms with Crippen LogP contribution in [0.25, 0.3) is 0 Å². The van der Waals surface area contributed by atoms with Crippen LogP contribution in [0.2, 0.25) is 0 Å². The van der Waals surface area contributed by atoms with Gasteiger partial charge in [-0.2, -0.15) is 13.2 Å². The maximum Gasteiger partial charge on any atom is 0.422 e. The molecule has 4 saturated carbocycles. The Morgan fingerprint density at radius 2 is 1.81 bits per heavy atom. The van der Waals surface area contributed by atoms with E-state index in [-0.39, 0.29) is 5.92 Å². The molecular weight excluding hydrogens is 281 g/mol. The predicted molar refractivity (Wildman–Crippen MR) is 71.4 cm³/mol. The molecule has 0 spiro atoms. The third-order valence-electron chi connectivity index (χ3n) is 5.78. The SMILES string of the molecule is C=C(C(=O)OC12CC3CC(CC(C3)C1CC)C2)C(F)(F)F. The van der Waals surface area contributed by atoms with Gasteiger partial charge in [0.05, 0.1) is 0 Å². The first-order chi connectivity index (χ1) is 9.75. The van der Waals surface area contributed by atoms with Crippen LogP contribution in [0.5, 0.6) is 0 Å². The minimum absolute atomic E-state index is 0.204. The fourth-order valence-corrected chi connectivity index (χ4v) is 5.30. The molecule has 3 unspecified atom stereocenters. The first-order valence-corrected chi connectivity index (χ1v) is 7.74. The summed E-state index contributed by atoms with van der Waals surface area (Å²) in [6, 6.07) is 0. The summed E-state index contributed by atoms with van der Waals surface area (Å²) >= 11 is 0. The zero-order valence-corrected chi connectivity index (χ0v) is 12.2. The van der Waals surface area contributed by atoms with Crippen LogP contribution in [-0.2, 0) is 9.53 Å². The Morgan fingerprint density at radius 3 is 2.29 bits per heavy atom. The number of hydrogen-bond donors (Lipinski definition) is 0. The Kier molecular flexibility index (Phi) is 3.37. The van der Waals surface area contributed by atoms with Crippen molar-refractivity contribution >= 4 is 5.97 Å². The Hall–Kier alpha value is -1.00. The summed E-state index contributed by atoms with van der Waals surface area (Å²) in [7, 11) is 0. The van der Waals surface area contributed by atoms with Crippen LogP contribution in [-0.4, -0.2) is 17.7 Å². The number of esters is 1. The second-order valence-electron chi connectivity index (χ2n) is 7.05. The zero-order chi connectivity index (χ0) is 15.4. The van der Waals surface area contributed by atoms with Gasteiger partial charge in [-0.1, -0.05) is 13.5 Å². The number of rotatable bonds is 3. The fourth-order valence-electron chi connectivity index (χ4n) is 5.30. The molecule has 0 aromatic rings. The summed E-state index contributed by atoms with van der Waals surface area (Å²) in [6.45, 7) is 4.92. The predicted octanol–water partition coefficient (Wildman–Crippen LogP) is 4.25. The first-order valence-electron chi connectivity index (χ1n) is 7.74. The van der Waals surface area contributed by atoms with Gasteiger partial charge in [-0.05, 0) is 56.3 Å². The van der Waals surface area contributed by atoms with Gasteiger partial charge >= 0.3 is 12.1 Å². The monoisotopic (exact) mass is 302 g/mol. The largest absolute Gasteiger partial charge is 0.455 e. The summed E-state index contributed by atoms with van der Waals surface area (Å²) in [5, 5.41) is 0. The molecule has 0 saturated heterocycles. The van der Waals surface area contributed by atoms with E-state index in [9.17, 15) is 18.0 Å². The average Bonchev–Trinajstić information content (AvgIpc) is 2.35. The summed E-state index contributed by atoms with van der Waals surface area (Å²) < 4.78 is 43.4. The van der Waals surface area contributed by atoms with Crippen molar-refractivity contribution in [3.63, 3.8) is 0 Å². The third kappa shape index (κ3) is 2.38. The lowest BCUT2D eigenvalue weighted by atomic mass is 9.49. The maximum atomic E-state index is 12.6. The van der Waals surface area contributed by atoms with Gasteiger partial charge in [0.2, 0.25) is 0 Å². The molecular formula is C16H21F3O2. The average molecular weight is 302 g/mol. The lowest BCUT2D eigenvalue weighted by molar-refractivity contribution is -0.209. The standard InChI is InChI=1S/C16H21F3O2/c1-3-13-12-5-10-4-11(6-12)8-15(13,7-10)21-14(20)9(2)16(17,18)19/h10-13H,2-8H2,1H3. The highest BCUT2D eigenvalue weighted by Gasteiger charge is 2.59. The van der Waals surface area contributed by atoms with Gasteiger partial charge in [-0.25, -0.2) is 4.79 Å². The molecule has 4 aliphatic carbocycles. The summed E-state index contributed by atoms with van der Waals surface area (Å²) in [6.07, 6.45) is 1.05. The van der Waals surface area contributed by atoms with Crippen LogP contribution in [0.4, 0.5) is 13.2 Å². The van der Waals surface area contributed by atoms with Crippen molar-refractivity contribution in [1.82, 2.24) is 0 Å². The van der Waals surface area contributed by atoms with E-state index in [0.29, 0.717) is 17.8 Å². The van der Waals surface area contributed by atoms with E-state index in [1.165, 1.54) is 0 Å². The van der Waals surface area contributed by atoms with Crippen molar-refractivity contribution < 1.29 is 22.7 Å². The van der Waals surface area contributed by atoms with Crippen molar-refractivity contribution in [2.45, 2.75) is 57.2 Å². The lowest BCUT2D eigenvalue weighted by Crippen LogP contribution is -2.59. The molecule has 0 radical (unpaired) electrons. The first kappa shape index (κ1) is 14.9. The quantitative estimate of drug-likeness (QED) is 0.575. The molecule has 4 rings (SSSR count). The topological polar surface area (TPSA) is 26.3 Å². The van der Waals surface area contributed by atoms with E-state index < -0.39 is 23.3 Å². The highest BCUT2D eigenvalue weighted by Crippen LogP contribution is 2.61. The molecule has 4 bridgehead atoms. The minimum Gasteiger partial charge on any atom is -0.455 e. The van der Waals surface area contributed by atoms with E-state index in [1.807, 2.05) is 6.92 Å². The lowest BCUT2D eigenvalue weighted by Gasteiger charge is -2.60. The molecule has 2 nitrogen and oxygen atoms in total. The highest BCUT2D eigenvalue weighted by molar-refractivity contribution is 5.89. The maximum absolute atomic E-state index is 12.6. The zero-order valence-electron chi connectivity index (χ0n) is 12.2. The number of halogens is 3. The van der Waals surface area contributed by atoms with E-state index in [4.69, 9.17) is 4.74 Å². The molecule has 0 aromatic heterocycles. The van der Waals surface area contributed by atoms with E-state index in [1.54, 1.807) is 0 Å². The Balaban J connectivity index is 1.82. The van der Waals surface area contributed by atoms with Crippen molar-refractivity contribution in [3.05, 3.63) is 12.2 Å². The van der Waals surface area contributed by atoms with Crippen molar-refractivity contribution in [1.29, 1.82) is 0 Å². The molecule has 0 N–H and O–H groups in total. The molecule has 0 aliphatic heterocycles. The molecule has 0 aromatic carbocycles. The number of alkyl halides is 3. The van der Waals surface area contributed by atoms with Gasteiger partial charge in [0.25, 0.3) is 0 Å². The fraction of sp³-hybridized carbons (Fsp3) is 0.812. The second-order valence-corrected chi connectivity index (χ2v) is 7.05. The van der Waals surface area contributed by atoms with Crippen LogP contribution < -0.4 is 0 Å². The second kappa shape index (κ2) is 4.75. The summed E-state index contributed by atoms with van der Waals surface area (Å²) in [5.41, 5.74) is -2.05. The molecule has 4 fully saturated rings. The van der Waals surface area contributed by atoms with Crippen LogP contribution in [0.1, 0.15) is 45.4 Å². The van der Waals surface area contributed by atoms with Gasteiger partial charge < -0.3 is 4.74 Å². The van der Waals surface area contributed by atoms with Crippen molar-refractivity contribution in [2.24, 2.45) is 23.7 Å². The van der Waals surface area contributed by atoms with E-state index >= 15 is 0 Å². The van der Waals surface area contributed by atoms with Crippen LogP contribution in [0, 0.1) is 23.7 Å². The molecule has 5 heteroatoms. The molecule has 0 heterocycles. The Morgan fingerprint density at radius 1 is 1.24 bits per heavy atom. The van der Waals surface area contributed by atoms with Gasteiger partial charge in [0, 0.05) is 5.92 Å². The molecule has 3 atom stereocenters. The molecule has 0 amide bonds. The third-order valence-corrected chi connectivity index (χ3v) is 5.78. The highest BCUT2D eigenvalue weighted by atomic mass is 19.4. The van der Waals surface area contributed by atoms with Crippen LogP contribution >= 0.6 is 0 Å². The van der Waals surface area contributed by atoms with Gasteiger partial charge in [0.15, 0.2) is 0 Å².